The second kappa shape index (κ2) is 7.63. The molecule has 0 saturated heterocycles. The van der Waals surface area contributed by atoms with Gasteiger partial charge in [0.05, 0.1) is 24.1 Å². The molecule has 1 aliphatic heterocycles. The first-order valence-electron chi connectivity index (χ1n) is 9.98. The summed E-state index contributed by atoms with van der Waals surface area (Å²) in [7, 11) is 1.58. The Morgan fingerprint density at radius 1 is 1.13 bits per heavy atom. The van der Waals surface area contributed by atoms with Crippen molar-refractivity contribution in [3.63, 3.8) is 0 Å². The first-order valence-corrected chi connectivity index (χ1v) is 10.8. The molecule has 156 valence electrons. The highest BCUT2D eigenvalue weighted by Crippen LogP contribution is 2.42. The zero-order chi connectivity index (χ0) is 21.5. The van der Waals surface area contributed by atoms with E-state index >= 15 is 0 Å². The van der Waals surface area contributed by atoms with Crippen LogP contribution in [0.2, 0.25) is 0 Å². The smallest absolute Gasteiger partial charge is 0.297 e. The van der Waals surface area contributed by atoms with Crippen LogP contribution in [-0.2, 0) is 6.42 Å². The van der Waals surface area contributed by atoms with Gasteiger partial charge in [-0.3, -0.25) is 14.5 Å². The summed E-state index contributed by atoms with van der Waals surface area (Å²) in [5.41, 5.74) is 1.21. The molecule has 3 heterocycles. The summed E-state index contributed by atoms with van der Waals surface area (Å²) in [6.45, 7) is 2.06. The van der Waals surface area contributed by atoms with Gasteiger partial charge in [0.1, 0.15) is 16.3 Å². The van der Waals surface area contributed by atoms with Crippen molar-refractivity contribution in [1.82, 2.24) is 10.2 Å². The minimum Gasteiger partial charge on any atom is -0.497 e. The van der Waals surface area contributed by atoms with Crippen LogP contribution in [0.15, 0.2) is 57.7 Å². The van der Waals surface area contributed by atoms with E-state index < -0.39 is 11.9 Å². The van der Waals surface area contributed by atoms with E-state index in [1.807, 2.05) is 24.3 Å². The van der Waals surface area contributed by atoms with E-state index in [9.17, 15) is 9.59 Å². The number of carbonyl (C=O) groups is 1. The van der Waals surface area contributed by atoms with E-state index in [1.54, 1.807) is 31.4 Å². The molecule has 4 aromatic rings. The van der Waals surface area contributed by atoms with Gasteiger partial charge in [0.2, 0.25) is 10.9 Å². The van der Waals surface area contributed by atoms with Crippen LogP contribution in [0.1, 0.15) is 46.1 Å². The zero-order valence-corrected chi connectivity index (χ0v) is 17.8. The number of amides is 1. The van der Waals surface area contributed by atoms with E-state index in [2.05, 4.69) is 17.1 Å². The summed E-state index contributed by atoms with van der Waals surface area (Å²) < 4.78 is 11.3. The van der Waals surface area contributed by atoms with Gasteiger partial charge >= 0.3 is 0 Å². The standard InChI is InChI=1S/C23H19N3O4S/c1-3-7-17-24-25-23(31-17)26-19(13-8-6-9-14(12-13)29-2)18-20(27)15-10-4-5-11-16(15)30-21(18)22(26)28/h4-6,8-12,19H,3,7H2,1-2H3. The minimum atomic E-state index is -0.680. The van der Waals surface area contributed by atoms with Crippen LogP contribution in [-0.4, -0.2) is 23.2 Å². The maximum Gasteiger partial charge on any atom is 0.297 e. The Hall–Kier alpha value is -3.52. The van der Waals surface area contributed by atoms with Crippen molar-refractivity contribution in [2.24, 2.45) is 0 Å². The average molecular weight is 433 g/mol. The number of rotatable bonds is 5. The van der Waals surface area contributed by atoms with Gasteiger partial charge in [0, 0.05) is 6.42 Å². The summed E-state index contributed by atoms with van der Waals surface area (Å²) in [5.74, 6) is 0.279. The molecule has 0 bridgehead atoms. The van der Waals surface area contributed by atoms with Crippen LogP contribution in [0.3, 0.4) is 0 Å². The highest BCUT2D eigenvalue weighted by molar-refractivity contribution is 7.15. The Bertz CT molecular complexity index is 1360. The summed E-state index contributed by atoms with van der Waals surface area (Å²) in [5, 5.41) is 10.2. The molecule has 0 spiro atoms. The van der Waals surface area contributed by atoms with Crippen molar-refractivity contribution in [3.05, 3.63) is 80.6 Å². The Labute approximate surface area is 181 Å². The fourth-order valence-electron chi connectivity index (χ4n) is 3.90. The minimum absolute atomic E-state index is 0.0451. The lowest BCUT2D eigenvalue weighted by Gasteiger charge is -2.22. The highest BCUT2D eigenvalue weighted by Gasteiger charge is 2.45. The number of benzene rings is 2. The number of hydrogen-bond donors (Lipinski definition) is 0. The topological polar surface area (TPSA) is 85.5 Å². The van der Waals surface area contributed by atoms with Crippen molar-refractivity contribution in [1.29, 1.82) is 0 Å². The number of aromatic nitrogens is 2. The highest BCUT2D eigenvalue weighted by atomic mass is 32.1. The molecule has 0 N–H and O–H groups in total. The largest absolute Gasteiger partial charge is 0.497 e. The number of fused-ring (bicyclic) bond motifs is 2. The Balaban J connectivity index is 1.76. The van der Waals surface area contributed by atoms with E-state index in [4.69, 9.17) is 9.15 Å². The summed E-state index contributed by atoms with van der Waals surface area (Å²) in [6, 6.07) is 13.6. The van der Waals surface area contributed by atoms with Gasteiger partial charge < -0.3 is 9.15 Å². The molecule has 8 heteroatoms. The van der Waals surface area contributed by atoms with Crippen molar-refractivity contribution >= 4 is 33.3 Å². The van der Waals surface area contributed by atoms with Crippen LogP contribution >= 0.6 is 11.3 Å². The van der Waals surface area contributed by atoms with Crippen molar-refractivity contribution in [2.45, 2.75) is 25.8 Å². The summed E-state index contributed by atoms with van der Waals surface area (Å²) in [4.78, 5) is 28.5. The third-order valence-electron chi connectivity index (χ3n) is 5.31. The van der Waals surface area contributed by atoms with Gasteiger partial charge in [0.25, 0.3) is 5.91 Å². The molecular weight excluding hydrogens is 414 g/mol. The molecule has 0 radical (unpaired) electrons. The van der Waals surface area contributed by atoms with Gasteiger partial charge in [-0.2, -0.15) is 0 Å². The second-order valence-corrected chi connectivity index (χ2v) is 8.29. The van der Waals surface area contributed by atoms with E-state index in [-0.39, 0.29) is 11.2 Å². The van der Waals surface area contributed by atoms with Gasteiger partial charge in [-0.1, -0.05) is 42.5 Å². The van der Waals surface area contributed by atoms with E-state index in [1.165, 1.54) is 16.2 Å². The number of ether oxygens (including phenoxy) is 1. The lowest BCUT2D eigenvalue weighted by atomic mass is 9.98. The number of anilines is 1. The number of aryl methyl sites for hydroxylation is 1. The molecule has 2 aromatic carbocycles. The monoisotopic (exact) mass is 433 g/mol. The van der Waals surface area contributed by atoms with Crippen LogP contribution < -0.4 is 15.1 Å². The molecule has 0 fully saturated rings. The molecule has 1 unspecified atom stereocenters. The molecule has 0 aliphatic carbocycles. The number of nitrogens with zero attached hydrogens (tertiary/aromatic N) is 3. The molecule has 1 aliphatic rings. The van der Waals surface area contributed by atoms with Crippen LogP contribution in [0.25, 0.3) is 11.0 Å². The predicted octanol–water partition coefficient (Wildman–Crippen LogP) is 4.36. The molecule has 31 heavy (non-hydrogen) atoms. The van der Waals surface area contributed by atoms with Gasteiger partial charge in [-0.25, -0.2) is 0 Å². The predicted molar refractivity (Wildman–Crippen MR) is 118 cm³/mol. The normalized spacial score (nSPS) is 15.5. The first kappa shape index (κ1) is 19.4. The van der Waals surface area contributed by atoms with Crippen molar-refractivity contribution in [2.75, 3.05) is 12.0 Å². The molecular formula is C23H19N3O4S. The van der Waals surface area contributed by atoms with E-state index in [0.717, 1.165) is 23.4 Å². The second-order valence-electron chi connectivity index (χ2n) is 7.25. The lowest BCUT2D eigenvalue weighted by Crippen LogP contribution is -2.29. The number of para-hydroxylation sites is 1. The zero-order valence-electron chi connectivity index (χ0n) is 17.0. The van der Waals surface area contributed by atoms with Crippen molar-refractivity contribution < 1.29 is 13.9 Å². The quantitative estimate of drug-likeness (QED) is 0.465. The van der Waals surface area contributed by atoms with Crippen LogP contribution in [0, 0.1) is 0 Å². The Morgan fingerprint density at radius 3 is 2.77 bits per heavy atom. The summed E-state index contributed by atoms with van der Waals surface area (Å²) >= 11 is 1.36. The van der Waals surface area contributed by atoms with Crippen molar-refractivity contribution in [3.8, 4) is 5.75 Å². The number of carbonyl (C=O) groups excluding carboxylic acids is 1. The molecule has 2 aromatic heterocycles. The maximum atomic E-state index is 13.5. The van der Waals surface area contributed by atoms with Crippen LogP contribution in [0.4, 0.5) is 5.13 Å². The maximum absolute atomic E-state index is 13.5. The lowest BCUT2D eigenvalue weighted by molar-refractivity contribution is 0.0970. The molecule has 5 rings (SSSR count). The van der Waals surface area contributed by atoms with Gasteiger partial charge in [0.15, 0.2) is 5.43 Å². The molecule has 0 saturated carbocycles. The van der Waals surface area contributed by atoms with Gasteiger partial charge in [-0.15, -0.1) is 10.2 Å². The Kier molecular flexibility index (Phi) is 4.78. The first-order chi connectivity index (χ1) is 15.1. The Morgan fingerprint density at radius 2 is 1.97 bits per heavy atom. The average Bonchev–Trinajstić information content (AvgIpc) is 3.37. The number of hydrogen-bond acceptors (Lipinski definition) is 7. The number of methoxy groups -OCH3 is 1. The SMILES string of the molecule is CCCc1nnc(N2C(=O)c3oc4ccccc4c(=O)c3C2c2cccc(OC)c2)s1. The summed E-state index contributed by atoms with van der Waals surface area (Å²) in [6.07, 6.45) is 1.70. The van der Waals surface area contributed by atoms with Gasteiger partial charge in [-0.05, 0) is 36.2 Å². The molecule has 1 amide bonds. The fraction of sp³-hybridized carbons (Fsp3) is 0.217. The third-order valence-corrected chi connectivity index (χ3v) is 6.30. The molecule has 7 nitrogen and oxygen atoms in total. The fourth-order valence-corrected chi connectivity index (χ4v) is 4.87. The molecule has 1 atom stereocenters. The van der Waals surface area contributed by atoms with E-state index in [0.29, 0.717) is 27.4 Å². The van der Waals surface area contributed by atoms with Crippen LogP contribution in [0.5, 0.6) is 5.75 Å². The third kappa shape index (κ3) is 3.11.